The fraction of sp³-hybridized carbons (Fsp3) is 0.304. The summed E-state index contributed by atoms with van der Waals surface area (Å²) in [5.74, 6) is 1.73. The minimum absolute atomic E-state index is 0.510. The van der Waals surface area contributed by atoms with Gasteiger partial charge in [-0.05, 0) is 59.8 Å². The number of nitrogens with zero attached hydrogens (tertiary/aromatic N) is 3. The Kier molecular flexibility index (Phi) is 5.62. The van der Waals surface area contributed by atoms with Gasteiger partial charge in [0, 0.05) is 49.2 Å². The number of pyridine rings is 2. The SMILES string of the molecule is CC1CN(C)CC=C1COc1cc(CNc2ccc3c(N)nccc3c2)ccn1. The first-order valence-electron chi connectivity index (χ1n) is 9.92. The van der Waals surface area contributed by atoms with Crippen molar-refractivity contribution in [2.24, 2.45) is 5.92 Å². The molecule has 0 amide bonds. The van der Waals surface area contributed by atoms with Gasteiger partial charge in [0.1, 0.15) is 12.4 Å². The van der Waals surface area contributed by atoms with E-state index in [-0.39, 0.29) is 0 Å². The number of nitrogens with two attached hydrogens (primary N) is 1. The molecule has 1 aliphatic heterocycles. The monoisotopic (exact) mass is 389 g/mol. The van der Waals surface area contributed by atoms with E-state index < -0.39 is 0 Å². The minimum Gasteiger partial charge on any atom is -0.473 e. The van der Waals surface area contributed by atoms with Gasteiger partial charge < -0.3 is 20.7 Å². The van der Waals surface area contributed by atoms with Gasteiger partial charge in [0.15, 0.2) is 0 Å². The van der Waals surface area contributed by atoms with Gasteiger partial charge in [-0.15, -0.1) is 0 Å². The van der Waals surface area contributed by atoms with Crippen molar-refractivity contribution in [1.29, 1.82) is 0 Å². The molecule has 3 aromatic rings. The normalized spacial score (nSPS) is 17.2. The van der Waals surface area contributed by atoms with Crippen LogP contribution in [0.15, 0.2) is 60.4 Å². The molecule has 2 aromatic heterocycles. The Morgan fingerprint density at radius 1 is 1.17 bits per heavy atom. The third-order valence-corrected chi connectivity index (χ3v) is 5.36. The molecule has 3 N–H and O–H groups in total. The van der Waals surface area contributed by atoms with E-state index >= 15 is 0 Å². The molecular formula is C23H27N5O. The third kappa shape index (κ3) is 4.66. The Labute approximate surface area is 171 Å². The van der Waals surface area contributed by atoms with Crippen molar-refractivity contribution in [3.8, 4) is 5.88 Å². The molecule has 0 aliphatic carbocycles. The number of anilines is 2. The lowest BCUT2D eigenvalue weighted by Gasteiger charge is -2.27. The van der Waals surface area contributed by atoms with Gasteiger partial charge in [-0.2, -0.15) is 0 Å². The molecule has 3 heterocycles. The molecule has 0 saturated carbocycles. The van der Waals surface area contributed by atoms with Gasteiger partial charge in [-0.3, -0.25) is 0 Å². The van der Waals surface area contributed by atoms with Crippen LogP contribution in [0.5, 0.6) is 5.88 Å². The van der Waals surface area contributed by atoms with E-state index in [1.54, 1.807) is 12.4 Å². The van der Waals surface area contributed by atoms with Gasteiger partial charge in [-0.1, -0.05) is 13.0 Å². The summed E-state index contributed by atoms with van der Waals surface area (Å²) in [4.78, 5) is 10.8. The second kappa shape index (κ2) is 8.49. The maximum atomic E-state index is 5.97. The van der Waals surface area contributed by atoms with Crippen LogP contribution >= 0.6 is 0 Å². The average molecular weight is 390 g/mol. The number of ether oxygens (including phenoxy) is 1. The molecule has 6 heteroatoms. The van der Waals surface area contributed by atoms with Gasteiger partial charge >= 0.3 is 0 Å². The highest BCUT2D eigenvalue weighted by molar-refractivity contribution is 5.92. The fourth-order valence-corrected chi connectivity index (χ4v) is 3.65. The lowest BCUT2D eigenvalue weighted by molar-refractivity contribution is 0.272. The summed E-state index contributed by atoms with van der Waals surface area (Å²) in [6, 6.07) is 12.1. The standard InChI is InChI=1S/C23H27N5O/c1-16-14-28(2)10-7-19(16)15-29-22-11-17(5-8-25-22)13-27-20-3-4-21-18(12-20)6-9-26-23(21)24/h3-9,11-12,16,27H,10,13-15H2,1-2H3,(H2,24,26). The Hall–Kier alpha value is -3.12. The van der Waals surface area contributed by atoms with Crippen LogP contribution in [0.3, 0.4) is 0 Å². The van der Waals surface area contributed by atoms with Crippen LogP contribution in [-0.2, 0) is 6.54 Å². The van der Waals surface area contributed by atoms with E-state index in [9.17, 15) is 0 Å². The molecule has 0 spiro atoms. The van der Waals surface area contributed by atoms with Crippen LogP contribution < -0.4 is 15.8 Å². The zero-order valence-electron chi connectivity index (χ0n) is 16.9. The number of hydrogen-bond acceptors (Lipinski definition) is 6. The molecule has 150 valence electrons. The highest BCUT2D eigenvalue weighted by atomic mass is 16.5. The predicted octanol–water partition coefficient (Wildman–Crippen LogP) is 3.71. The number of nitrogens with one attached hydrogen (secondary N) is 1. The van der Waals surface area contributed by atoms with E-state index in [0.29, 0.717) is 30.8 Å². The van der Waals surface area contributed by atoms with Crippen LogP contribution in [0, 0.1) is 5.92 Å². The number of hydrogen-bond donors (Lipinski definition) is 2. The first kappa shape index (κ1) is 19.2. The smallest absolute Gasteiger partial charge is 0.213 e. The molecule has 1 atom stereocenters. The molecule has 1 unspecified atom stereocenters. The fourth-order valence-electron chi connectivity index (χ4n) is 3.65. The minimum atomic E-state index is 0.510. The number of rotatable bonds is 6. The van der Waals surface area contributed by atoms with Crippen molar-refractivity contribution in [3.05, 3.63) is 66.0 Å². The molecule has 4 rings (SSSR count). The quantitative estimate of drug-likeness (QED) is 0.626. The van der Waals surface area contributed by atoms with Crippen LogP contribution in [0.2, 0.25) is 0 Å². The number of likely N-dealkylation sites (N-methyl/N-ethyl adjacent to an activating group) is 1. The van der Waals surface area contributed by atoms with E-state index in [1.807, 2.05) is 30.3 Å². The van der Waals surface area contributed by atoms with Crippen molar-refractivity contribution in [2.45, 2.75) is 13.5 Å². The molecule has 6 nitrogen and oxygen atoms in total. The van der Waals surface area contributed by atoms with Crippen LogP contribution in [-0.4, -0.2) is 41.6 Å². The number of nitrogen functional groups attached to an aromatic ring is 1. The maximum absolute atomic E-state index is 5.97. The first-order valence-corrected chi connectivity index (χ1v) is 9.92. The zero-order chi connectivity index (χ0) is 20.2. The van der Waals surface area contributed by atoms with Gasteiger partial charge in [0.25, 0.3) is 0 Å². The van der Waals surface area contributed by atoms with Crippen molar-refractivity contribution in [3.63, 3.8) is 0 Å². The van der Waals surface area contributed by atoms with E-state index in [4.69, 9.17) is 10.5 Å². The van der Waals surface area contributed by atoms with Crippen LogP contribution in [0.4, 0.5) is 11.5 Å². The summed E-state index contributed by atoms with van der Waals surface area (Å²) in [7, 11) is 2.14. The lowest BCUT2D eigenvalue weighted by atomic mass is 9.98. The summed E-state index contributed by atoms with van der Waals surface area (Å²) in [6.45, 7) is 5.58. The molecule has 0 fully saturated rings. The highest BCUT2D eigenvalue weighted by Crippen LogP contribution is 2.23. The molecular weight excluding hydrogens is 362 g/mol. The van der Waals surface area contributed by atoms with Gasteiger partial charge in [0.05, 0.1) is 0 Å². The van der Waals surface area contributed by atoms with E-state index in [1.165, 1.54) is 5.57 Å². The third-order valence-electron chi connectivity index (χ3n) is 5.36. The highest BCUT2D eigenvalue weighted by Gasteiger charge is 2.16. The predicted molar refractivity (Wildman–Crippen MR) is 118 cm³/mol. The number of benzene rings is 1. The topological polar surface area (TPSA) is 76.3 Å². The van der Waals surface area contributed by atoms with Crippen molar-refractivity contribution in [1.82, 2.24) is 14.9 Å². The Morgan fingerprint density at radius 3 is 2.90 bits per heavy atom. The van der Waals surface area contributed by atoms with Crippen molar-refractivity contribution in [2.75, 3.05) is 37.8 Å². The number of aromatic nitrogens is 2. The molecule has 29 heavy (non-hydrogen) atoms. The van der Waals surface area contributed by atoms with E-state index in [2.05, 4.69) is 46.3 Å². The summed E-state index contributed by atoms with van der Waals surface area (Å²) >= 11 is 0. The zero-order valence-corrected chi connectivity index (χ0v) is 16.9. The molecule has 0 radical (unpaired) electrons. The maximum Gasteiger partial charge on any atom is 0.213 e. The van der Waals surface area contributed by atoms with Crippen LogP contribution in [0.1, 0.15) is 12.5 Å². The second-order valence-corrected chi connectivity index (χ2v) is 7.68. The summed E-state index contributed by atoms with van der Waals surface area (Å²) in [5.41, 5.74) is 9.43. The van der Waals surface area contributed by atoms with Crippen molar-refractivity contribution >= 4 is 22.3 Å². The largest absolute Gasteiger partial charge is 0.473 e. The summed E-state index contributed by atoms with van der Waals surface area (Å²) in [5, 5.41) is 5.49. The Morgan fingerprint density at radius 2 is 2.03 bits per heavy atom. The average Bonchev–Trinajstić information content (AvgIpc) is 2.72. The second-order valence-electron chi connectivity index (χ2n) is 7.68. The van der Waals surface area contributed by atoms with Crippen molar-refractivity contribution < 1.29 is 4.74 Å². The van der Waals surface area contributed by atoms with Crippen LogP contribution in [0.25, 0.3) is 10.8 Å². The van der Waals surface area contributed by atoms with Gasteiger partial charge in [0.2, 0.25) is 5.88 Å². The number of fused-ring (bicyclic) bond motifs is 1. The Bertz CT molecular complexity index is 1030. The Balaban J connectivity index is 1.38. The summed E-state index contributed by atoms with van der Waals surface area (Å²) < 4.78 is 5.97. The lowest BCUT2D eigenvalue weighted by Crippen LogP contribution is -2.31. The molecule has 1 aromatic carbocycles. The van der Waals surface area contributed by atoms with Gasteiger partial charge in [-0.25, -0.2) is 9.97 Å². The molecule has 1 aliphatic rings. The summed E-state index contributed by atoms with van der Waals surface area (Å²) in [6.07, 6.45) is 5.79. The van der Waals surface area contributed by atoms with E-state index in [0.717, 1.165) is 35.1 Å². The first-order chi connectivity index (χ1) is 14.1. The molecule has 0 saturated heterocycles. The molecule has 0 bridgehead atoms.